The fraction of sp³-hybridized carbons (Fsp3) is 0.375. The summed E-state index contributed by atoms with van der Waals surface area (Å²) in [5, 5.41) is 0. The molecular weight excluding hydrogens is 312 g/mol. The molecule has 0 bridgehead atoms. The number of aromatic nitrogens is 2. The van der Waals surface area contributed by atoms with Crippen LogP contribution in [0.1, 0.15) is 12.0 Å². The molecule has 1 aromatic carbocycles. The zero-order chi connectivity index (χ0) is 15.8. The van der Waals surface area contributed by atoms with Gasteiger partial charge in [0.1, 0.15) is 11.9 Å². The Morgan fingerprint density at radius 3 is 2.96 bits per heavy atom. The van der Waals surface area contributed by atoms with E-state index < -0.39 is 11.0 Å². The number of likely N-dealkylation sites (N-methyl/N-ethyl adjacent to an activating group) is 1. The number of rotatable bonds is 3. The van der Waals surface area contributed by atoms with Gasteiger partial charge in [-0.3, -0.25) is 4.31 Å². The molecular formula is C16H18N4O2S. The SMILES string of the molecule is CN1CCC(Oc2nccc(N3Cc4ccccc4S3=O)n2)C1. The molecule has 120 valence electrons. The molecule has 1 fully saturated rings. The molecule has 4 rings (SSSR count). The Bertz CT molecular complexity index is 754. The van der Waals surface area contributed by atoms with Crippen LogP contribution in [-0.4, -0.2) is 45.3 Å². The van der Waals surface area contributed by atoms with E-state index in [0.717, 1.165) is 30.0 Å². The van der Waals surface area contributed by atoms with Gasteiger partial charge in [-0.15, -0.1) is 0 Å². The fourth-order valence-corrected chi connectivity index (χ4v) is 4.29. The molecule has 0 saturated carbocycles. The van der Waals surface area contributed by atoms with Gasteiger partial charge in [0.05, 0.1) is 11.4 Å². The van der Waals surface area contributed by atoms with E-state index in [2.05, 4.69) is 21.9 Å². The lowest BCUT2D eigenvalue weighted by atomic mass is 10.2. The van der Waals surface area contributed by atoms with Crippen LogP contribution >= 0.6 is 0 Å². The Hall–Kier alpha value is -1.99. The number of anilines is 1. The number of likely N-dealkylation sites (tertiary alicyclic amines) is 1. The summed E-state index contributed by atoms with van der Waals surface area (Å²) in [7, 11) is 0.849. The van der Waals surface area contributed by atoms with E-state index in [0.29, 0.717) is 18.4 Å². The van der Waals surface area contributed by atoms with Crippen molar-refractivity contribution in [3.05, 3.63) is 42.1 Å². The summed E-state index contributed by atoms with van der Waals surface area (Å²) >= 11 is 0. The minimum absolute atomic E-state index is 0.122. The first-order chi connectivity index (χ1) is 11.2. The third-order valence-corrected chi connectivity index (χ3v) is 5.66. The second kappa shape index (κ2) is 5.90. The summed E-state index contributed by atoms with van der Waals surface area (Å²) in [6.07, 6.45) is 2.76. The average molecular weight is 330 g/mol. The Balaban J connectivity index is 1.54. The van der Waals surface area contributed by atoms with Crippen LogP contribution in [0.2, 0.25) is 0 Å². The molecule has 2 aliphatic heterocycles. The highest BCUT2D eigenvalue weighted by atomic mass is 32.2. The Morgan fingerprint density at radius 2 is 2.17 bits per heavy atom. The minimum atomic E-state index is -1.23. The normalized spacial score (nSPS) is 24.0. The molecule has 2 aliphatic rings. The summed E-state index contributed by atoms with van der Waals surface area (Å²) < 4.78 is 20.3. The van der Waals surface area contributed by atoms with Gasteiger partial charge >= 0.3 is 6.01 Å². The first-order valence-electron chi connectivity index (χ1n) is 7.66. The predicted molar refractivity (Wildman–Crippen MR) is 87.6 cm³/mol. The van der Waals surface area contributed by atoms with Gasteiger partial charge < -0.3 is 9.64 Å². The van der Waals surface area contributed by atoms with E-state index in [9.17, 15) is 4.21 Å². The van der Waals surface area contributed by atoms with Gasteiger partial charge in [-0.1, -0.05) is 18.2 Å². The second-order valence-electron chi connectivity index (χ2n) is 5.88. The number of nitrogens with zero attached hydrogens (tertiary/aromatic N) is 4. The van der Waals surface area contributed by atoms with E-state index in [4.69, 9.17) is 4.74 Å². The van der Waals surface area contributed by atoms with E-state index in [1.54, 1.807) is 16.6 Å². The van der Waals surface area contributed by atoms with Crippen LogP contribution < -0.4 is 9.04 Å². The minimum Gasteiger partial charge on any atom is -0.459 e. The van der Waals surface area contributed by atoms with Gasteiger partial charge in [0, 0.05) is 25.4 Å². The molecule has 0 spiro atoms. The number of hydrogen-bond acceptors (Lipinski definition) is 5. The lowest BCUT2D eigenvalue weighted by Gasteiger charge is -2.16. The van der Waals surface area contributed by atoms with E-state index in [1.807, 2.05) is 24.3 Å². The molecule has 0 amide bonds. The number of fused-ring (bicyclic) bond motifs is 1. The van der Waals surface area contributed by atoms with Crippen LogP contribution in [0.4, 0.5) is 5.82 Å². The zero-order valence-electron chi connectivity index (χ0n) is 12.9. The van der Waals surface area contributed by atoms with Crippen LogP contribution in [-0.2, 0) is 17.5 Å². The lowest BCUT2D eigenvalue weighted by molar-refractivity contribution is 0.191. The first-order valence-corrected chi connectivity index (χ1v) is 8.77. The van der Waals surface area contributed by atoms with E-state index >= 15 is 0 Å². The van der Waals surface area contributed by atoms with Crippen molar-refractivity contribution in [3.63, 3.8) is 0 Å². The molecule has 2 unspecified atom stereocenters. The van der Waals surface area contributed by atoms with E-state index in [-0.39, 0.29) is 6.10 Å². The van der Waals surface area contributed by atoms with Gasteiger partial charge in [-0.2, -0.15) is 4.98 Å². The summed E-state index contributed by atoms with van der Waals surface area (Å²) in [6.45, 7) is 2.50. The maximum absolute atomic E-state index is 12.6. The number of ether oxygens (including phenoxy) is 1. The monoisotopic (exact) mass is 330 g/mol. The molecule has 1 aromatic heterocycles. The number of hydrogen-bond donors (Lipinski definition) is 0. The lowest BCUT2D eigenvalue weighted by Crippen LogP contribution is -2.23. The van der Waals surface area contributed by atoms with E-state index in [1.165, 1.54) is 0 Å². The zero-order valence-corrected chi connectivity index (χ0v) is 13.7. The van der Waals surface area contributed by atoms with Crippen LogP contribution in [0.3, 0.4) is 0 Å². The maximum Gasteiger partial charge on any atom is 0.318 e. The highest BCUT2D eigenvalue weighted by molar-refractivity contribution is 7.86. The first kappa shape index (κ1) is 14.6. The van der Waals surface area contributed by atoms with Crippen molar-refractivity contribution in [1.82, 2.24) is 14.9 Å². The van der Waals surface area contributed by atoms with Crippen molar-refractivity contribution in [2.24, 2.45) is 0 Å². The molecule has 0 radical (unpaired) electrons. The Morgan fingerprint density at radius 1 is 1.30 bits per heavy atom. The molecule has 0 N–H and O–H groups in total. The average Bonchev–Trinajstić information content (AvgIpc) is 3.12. The highest BCUT2D eigenvalue weighted by Crippen LogP contribution is 2.31. The van der Waals surface area contributed by atoms with Crippen molar-refractivity contribution in [2.45, 2.75) is 24.0 Å². The number of benzene rings is 1. The maximum atomic E-state index is 12.6. The standard InChI is InChI=1S/C16H18N4O2S/c1-19-9-7-13(11-19)22-16-17-8-6-15(18-16)20-10-12-4-2-3-5-14(12)23(20)21/h2-6,8,13H,7,9-11H2,1H3. The third kappa shape index (κ3) is 2.82. The van der Waals surface area contributed by atoms with Crippen LogP contribution in [0.15, 0.2) is 41.4 Å². The van der Waals surface area contributed by atoms with Crippen molar-refractivity contribution >= 4 is 16.8 Å². The van der Waals surface area contributed by atoms with Crippen LogP contribution in [0.5, 0.6) is 6.01 Å². The predicted octanol–water partition coefficient (Wildman–Crippen LogP) is 1.60. The smallest absolute Gasteiger partial charge is 0.318 e. The largest absolute Gasteiger partial charge is 0.459 e. The van der Waals surface area contributed by atoms with Gasteiger partial charge in [0.25, 0.3) is 0 Å². The summed E-state index contributed by atoms with van der Waals surface area (Å²) in [6, 6.07) is 9.90. The molecule has 6 nitrogen and oxygen atoms in total. The van der Waals surface area contributed by atoms with Crippen molar-refractivity contribution in [3.8, 4) is 6.01 Å². The van der Waals surface area contributed by atoms with Crippen LogP contribution in [0, 0.1) is 0 Å². The molecule has 2 aromatic rings. The third-order valence-electron chi connectivity index (χ3n) is 4.17. The molecule has 7 heteroatoms. The summed E-state index contributed by atoms with van der Waals surface area (Å²) in [4.78, 5) is 11.7. The fourth-order valence-electron chi connectivity index (χ4n) is 2.97. The van der Waals surface area contributed by atoms with Gasteiger partial charge in [-0.05, 0) is 25.1 Å². The second-order valence-corrected chi connectivity index (χ2v) is 7.26. The molecule has 3 heterocycles. The van der Waals surface area contributed by atoms with Crippen LogP contribution in [0.25, 0.3) is 0 Å². The molecule has 23 heavy (non-hydrogen) atoms. The Labute approximate surface area is 137 Å². The van der Waals surface area contributed by atoms with Gasteiger partial charge in [-0.25, -0.2) is 9.19 Å². The topological polar surface area (TPSA) is 58.6 Å². The Kier molecular flexibility index (Phi) is 3.74. The molecule has 0 aliphatic carbocycles. The van der Waals surface area contributed by atoms with Gasteiger partial charge in [0.15, 0.2) is 11.0 Å². The van der Waals surface area contributed by atoms with Crippen molar-refractivity contribution in [2.75, 3.05) is 24.4 Å². The van der Waals surface area contributed by atoms with Crippen molar-refractivity contribution < 1.29 is 8.95 Å². The van der Waals surface area contributed by atoms with Crippen molar-refractivity contribution in [1.29, 1.82) is 0 Å². The summed E-state index contributed by atoms with van der Waals surface area (Å²) in [5.41, 5.74) is 1.07. The van der Waals surface area contributed by atoms with Gasteiger partial charge in [0.2, 0.25) is 0 Å². The highest BCUT2D eigenvalue weighted by Gasteiger charge is 2.28. The summed E-state index contributed by atoms with van der Waals surface area (Å²) in [5.74, 6) is 0.635. The quantitative estimate of drug-likeness (QED) is 0.856. The molecule has 1 saturated heterocycles. The molecule has 2 atom stereocenters.